The molecule has 1 aliphatic heterocycles. The highest BCUT2D eigenvalue weighted by Crippen LogP contribution is 2.37. The van der Waals surface area contributed by atoms with E-state index in [2.05, 4.69) is 0 Å². The third-order valence-corrected chi connectivity index (χ3v) is 4.35. The number of benzene rings is 2. The quantitative estimate of drug-likeness (QED) is 0.322. The second kappa shape index (κ2) is 7.62. The first-order chi connectivity index (χ1) is 14.7. The van der Waals surface area contributed by atoms with Crippen molar-refractivity contribution < 1.29 is 45.6 Å². The summed E-state index contributed by atoms with van der Waals surface area (Å²) >= 11 is 0. The number of nitrogens with zero attached hydrogens (tertiary/aromatic N) is 2. The minimum absolute atomic E-state index is 0.140. The van der Waals surface area contributed by atoms with Gasteiger partial charge < -0.3 is 5.32 Å². The molecule has 1 N–H and O–H groups in total. The molecule has 2 aromatic carbocycles. The number of carbonyl (C=O) groups is 3. The van der Waals surface area contributed by atoms with Crippen LogP contribution in [-0.2, 0) is 17.1 Å². The van der Waals surface area contributed by atoms with E-state index >= 15 is 0 Å². The van der Waals surface area contributed by atoms with Gasteiger partial charge in [0.15, 0.2) is 0 Å². The van der Waals surface area contributed by atoms with Crippen molar-refractivity contribution in [2.24, 2.45) is 0 Å². The van der Waals surface area contributed by atoms with Crippen molar-refractivity contribution in [2.45, 2.75) is 12.4 Å². The van der Waals surface area contributed by atoms with Crippen molar-refractivity contribution in [3.05, 3.63) is 68.8 Å². The van der Waals surface area contributed by atoms with Crippen LogP contribution in [0.2, 0.25) is 0 Å². The molecule has 2 aromatic rings. The molecular formula is C18H9F6N3O5. The maximum atomic E-state index is 12.9. The Hall–Kier alpha value is -3.97. The summed E-state index contributed by atoms with van der Waals surface area (Å²) in [4.78, 5) is 47.4. The molecule has 3 rings (SSSR count). The fraction of sp³-hybridized carbons (Fsp3) is 0.167. The Morgan fingerprint density at radius 2 is 1.53 bits per heavy atom. The standard InChI is InChI=1S/C18H9F6N3O5/c19-17(20,21)8-4-9(18(22,23)24)6-10(5-8)25-13(28)7-26-15(29)11-2-1-3-12(27(31)32)14(11)16(26)30/h1-6H,7H2,(H,25,28). The van der Waals surface area contributed by atoms with Crippen LogP contribution < -0.4 is 5.32 Å². The summed E-state index contributed by atoms with van der Waals surface area (Å²) < 4.78 is 77.6. The molecule has 0 saturated heterocycles. The van der Waals surface area contributed by atoms with Crippen molar-refractivity contribution in [1.82, 2.24) is 4.90 Å². The molecule has 8 nitrogen and oxygen atoms in total. The molecule has 32 heavy (non-hydrogen) atoms. The van der Waals surface area contributed by atoms with Gasteiger partial charge in [-0.3, -0.25) is 29.4 Å². The van der Waals surface area contributed by atoms with E-state index in [0.29, 0.717) is 4.90 Å². The number of nitro groups is 1. The third-order valence-electron chi connectivity index (χ3n) is 4.35. The lowest BCUT2D eigenvalue weighted by atomic mass is 10.1. The van der Waals surface area contributed by atoms with E-state index in [1.165, 1.54) is 0 Å². The molecule has 168 valence electrons. The predicted molar refractivity (Wildman–Crippen MR) is 93.5 cm³/mol. The molecule has 0 radical (unpaired) electrons. The van der Waals surface area contributed by atoms with Gasteiger partial charge >= 0.3 is 12.4 Å². The average Bonchev–Trinajstić information content (AvgIpc) is 2.91. The molecular weight excluding hydrogens is 452 g/mol. The minimum atomic E-state index is -5.15. The normalized spacial score (nSPS) is 13.9. The Labute approximate surface area is 173 Å². The molecule has 0 unspecified atom stereocenters. The Kier molecular flexibility index (Phi) is 5.41. The molecule has 0 fully saturated rings. The number of imide groups is 1. The Morgan fingerprint density at radius 3 is 2.03 bits per heavy atom. The van der Waals surface area contributed by atoms with Crippen molar-refractivity contribution in [3.8, 4) is 0 Å². The first-order valence-electron chi connectivity index (χ1n) is 8.43. The molecule has 0 atom stereocenters. The predicted octanol–water partition coefficient (Wildman–Crippen LogP) is 3.87. The Bertz CT molecular complexity index is 1130. The first-order valence-corrected chi connectivity index (χ1v) is 8.43. The molecule has 3 amide bonds. The maximum absolute atomic E-state index is 12.9. The maximum Gasteiger partial charge on any atom is 0.416 e. The van der Waals surface area contributed by atoms with Crippen LogP contribution in [0, 0.1) is 10.1 Å². The van der Waals surface area contributed by atoms with Crippen LogP contribution in [0.4, 0.5) is 37.7 Å². The lowest BCUT2D eigenvalue weighted by Crippen LogP contribution is -2.37. The summed E-state index contributed by atoms with van der Waals surface area (Å²) in [6.45, 7) is -1.10. The summed E-state index contributed by atoms with van der Waals surface area (Å²) in [6.07, 6.45) is -10.3. The van der Waals surface area contributed by atoms with Gasteiger partial charge in [0.25, 0.3) is 17.5 Å². The van der Waals surface area contributed by atoms with Crippen LogP contribution in [0.5, 0.6) is 0 Å². The largest absolute Gasteiger partial charge is 0.416 e. The molecule has 0 aliphatic carbocycles. The number of nitro benzene ring substituents is 1. The molecule has 1 aliphatic rings. The number of hydrogen-bond acceptors (Lipinski definition) is 5. The highest BCUT2D eigenvalue weighted by Gasteiger charge is 2.42. The second-order valence-electron chi connectivity index (χ2n) is 6.50. The number of halogens is 6. The van der Waals surface area contributed by atoms with E-state index in [1.54, 1.807) is 5.32 Å². The number of amides is 3. The molecule has 14 heteroatoms. The van der Waals surface area contributed by atoms with Crippen LogP contribution in [0.3, 0.4) is 0 Å². The summed E-state index contributed by atoms with van der Waals surface area (Å²) in [6, 6.07) is 3.55. The zero-order valence-electron chi connectivity index (χ0n) is 15.4. The van der Waals surface area contributed by atoms with Crippen molar-refractivity contribution in [1.29, 1.82) is 0 Å². The highest BCUT2D eigenvalue weighted by molar-refractivity contribution is 6.24. The number of rotatable bonds is 4. The van der Waals surface area contributed by atoms with Crippen molar-refractivity contribution in [2.75, 3.05) is 11.9 Å². The monoisotopic (exact) mass is 461 g/mol. The number of hydrogen-bond donors (Lipinski definition) is 1. The molecule has 0 spiro atoms. The Morgan fingerprint density at radius 1 is 0.969 bits per heavy atom. The smallest absolute Gasteiger partial charge is 0.325 e. The van der Waals surface area contributed by atoms with Crippen LogP contribution in [0.1, 0.15) is 31.8 Å². The number of alkyl halides is 6. The van der Waals surface area contributed by atoms with Crippen LogP contribution >= 0.6 is 0 Å². The van der Waals surface area contributed by atoms with E-state index < -0.39 is 69.6 Å². The van der Waals surface area contributed by atoms with Gasteiger partial charge in [0, 0.05) is 11.8 Å². The van der Waals surface area contributed by atoms with Gasteiger partial charge in [-0.15, -0.1) is 0 Å². The SMILES string of the molecule is O=C(CN1C(=O)c2cccc([N+](=O)[O-])c2C1=O)Nc1cc(C(F)(F)F)cc(C(F)(F)F)c1. The molecule has 0 aromatic heterocycles. The van der Waals surface area contributed by atoms with Gasteiger partial charge in [-0.1, -0.05) is 6.07 Å². The Balaban J connectivity index is 1.87. The van der Waals surface area contributed by atoms with Gasteiger partial charge in [0.2, 0.25) is 5.91 Å². The van der Waals surface area contributed by atoms with E-state index in [0.717, 1.165) is 18.2 Å². The summed E-state index contributed by atoms with van der Waals surface area (Å²) in [7, 11) is 0. The number of nitrogens with one attached hydrogen (secondary N) is 1. The lowest BCUT2D eigenvalue weighted by molar-refractivity contribution is -0.385. The summed E-state index contributed by atoms with van der Waals surface area (Å²) in [5.74, 6) is -3.58. The van der Waals surface area contributed by atoms with E-state index in [-0.39, 0.29) is 23.8 Å². The fourth-order valence-electron chi connectivity index (χ4n) is 2.98. The van der Waals surface area contributed by atoms with Crippen LogP contribution in [0.25, 0.3) is 0 Å². The van der Waals surface area contributed by atoms with E-state index in [1.807, 2.05) is 0 Å². The molecule has 0 saturated carbocycles. The van der Waals surface area contributed by atoms with Crippen LogP contribution in [0.15, 0.2) is 36.4 Å². The van der Waals surface area contributed by atoms with Crippen molar-refractivity contribution in [3.63, 3.8) is 0 Å². The highest BCUT2D eigenvalue weighted by atomic mass is 19.4. The first kappa shape index (κ1) is 22.7. The van der Waals surface area contributed by atoms with Gasteiger partial charge in [0.1, 0.15) is 12.1 Å². The average molecular weight is 461 g/mol. The minimum Gasteiger partial charge on any atom is -0.325 e. The number of anilines is 1. The van der Waals surface area contributed by atoms with Gasteiger partial charge in [-0.05, 0) is 24.3 Å². The van der Waals surface area contributed by atoms with Crippen molar-refractivity contribution >= 4 is 29.1 Å². The molecule has 1 heterocycles. The van der Waals surface area contributed by atoms with E-state index in [9.17, 15) is 50.8 Å². The number of carbonyl (C=O) groups excluding carboxylic acids is 3. The number of fused-ring (bicyclic) bond motifs is 1. The van der Waals surface area contributed by atoms with Gasteiger partial charge in [-0.2, -0.15) is 26.3 Å². The third kappa shape index (κ3) is 4.24. The zero-order chi connectivity index (χ0) is 24.0. The van der Waals surface area contributed by atoms with E-state index in [4.69, 9.17) is 0 Å². The zero-order valence-corrected chi connectivity index (χ0v) is 15.4. The second-order valence-corrected chi connectivity index (χ2v) is 6.50. The summed E-state index contributed by atoms with van der Waals surface area (Å²) in [5, 5.41) is 12.8. The lowest BCUT2D eigenvalue weighted by Gasteiger charge is -2.16. The molecule has 0 bridgehead atoms. The topological polar surface area (TPSA) is 110 Å². The van der Waals surface area contributed by atoms with Gasteiger partial charge in [-0.25, -0.2) is 0 Å². The fourth-order valence-corrected chi connectivity index (χ4v) is 2.98. The van der Waals surface area contributed by atoms with Gasteiger partial charge in [0.05, 0.1) is 21.6 Å². The summed E-state index contributed by atoms with van der Waals surface area (Å²) in [5.41, 5.74) is -5.88. The van der Waals surface area contributed by atoms with Crippen LogP contribution in [-0.4, -0.2) is 34.1 Å².